The largest absolute Gasteiger partial charge is 0.480 e. The summed E-state index contributed by atoms with van der Waals surface area (Å²) in [6, 6.07) is 8.06. The minimum atomic E-state index is -1.05. The number of carbonyl (C=O) groups excluding carboxylic acids is 1. The number of nitrogen functional groups attached to an aromatic ring is 1. The van der Waals surface area contributed by atoms with E-state index in [1.54, 1.807) is 36.7 Å². The van der Waals surface area contributed by atoms with E-state index in [0.717, 1.165) is 35.5 Å². The van der Waals surface area contributed by atoms with Crippen molar-refractivity contribution in [2.75, 3.05) is 36.9 Å². The van der Waals surface area contributed by atoms with Gasteiger partial charge in [0, 0.05) is 48.7 Å². The molecule has 10 nitrogen and oxygen atoms in total. The quantitative estimate of drug-likeness (QED) is 0.417. The molecule has 10 heteroatoms. The standard InChI is InChI=1S/C24H26N6O4/c25-18(24(32)33)11-15-1-3-16(4-2-15)19-14-28-23(26)22(29-19)21(31)12-17-13-27-6-5-20(17)30-7-9-34-10-8-30/h1-6,13-14,18H,7-12,25H2,(H2,26,28)(H,32,33)/t18-/m0/s1. The van der Waals surface area contributed by atoms with E-state index >= 15 is 0 Å². The van der Waals surface area contributed by atoms with Crippen LogP contribution in [0.15, 0.2) is 48.9 Å². The van der Waals surface area contributed by atoms with Crippen molar-refractivity contribution in [2.45, 2.75) is 18.9 Å². The molecule has 0 radical (unpaired) electrons. The number of pyridine rings is 1. The molecular weight excluding hydrogens is 436 g/mol. The minimum absolute atomic E-state index is 0.0645. The lowest BCUT2D eigenvalue weighted by Crippen LogP contribution is -2.37. The maximum atomic E-state index is 13.2. The zero-order chi connectivity index (χ0) is 24.1. The molecule has 0 spiro atoms. The molecule has 0 aliphatic carbocycles. The molecular formula is C24H26N6O4. The smallest absolute Gasteiger partial charge is 0.320 e. The van der Waals surface area contributed by atoms with Crippen molar-refractivity contribution in [2.24, 2.45) is 5.73 Å². The van der Waals surface area contributed by atoms with Gasteiger partial charge < -0.3 is 26.2 Å². The summed E-state index contributed by atoms with van der Waals surface area (Å²) in [4.78, 5) is 39.2. The van der Waals surface area contributed by atoms with Crippen LogP contribution in [0.1, 0.15) is 21.6 Å². The van der Waals surface area contributed by atoms with Gasteiger partial charge >= 0.3 is 5.97 Å². The van der Waals surface area contributed by atoms with E-state index in [9.17, 15) is 9.59 Å². The number of aliphatic carboxylic acids is 1. The average Bonchev–Trinajstić information content (AvgIpc) is 2.85. The highest BCUT2D eigenvalue weighted by molar-refractivity contribution is 6.00. The number of rotatable bonds is 8. The lowest BCUT2D eigenvalue weighted by Gasteiger charge is -2.30. The van der Waals surface area contributed by atoms with Crippen LogP contribution in [0.2, 0.25) is 0 Å². The molecule has 1 fully saturated rings. The fraction of sp³-hybridized carbons (Fsp3) is 0.292. The van der Waals surface area contributed by atoms with Crippen LogP contribution in [0.3, 0.4) is 0 Å². The van der Waals surface area contributed by atoms with E-state index in [2.05, 4.69) is 19.9 Å². The van der Waals surface area contributed by atoms with Crippen molar-refractivity contribution in [1.29, 1.82) is 0 Å². The molecule has 0 saturated carbocycles. The van der Waals surface area contributed by atoms with Gasteiger partial charge in [0.05, 0.1) is 25.1 Å². The third kappa shape index (κ3) is 5.36. The number of hydrogen-bond acceptors (Lipinski definition) is 9. The molecule has 176 valence electrons. The Labute approximate surface area is 196 Å². The number of anilines is 2. The van der Waals surface area contributed by atoms with Crippen LogP contribution in [-0.4, -0.2) is 64.2 Å². The number of carboxylic acids is 1. The van der Waals surface area contributed by atoms with Crippen LogP contribution < -0.4 is 16.4 Å². The molecule has 1 aliphatic heterocycles. The number of carbonyl (C=O) groups is 2. The minimum Gasteiger partial charge on any atom is -0.480 e. The fourth-order valence-electron chi connectivity index (χ4n) is 3.82. The molecule has 3 heterocycles. The Bertz CT molecular complexity index is 1180. The first-order chi connectivity index (χ1) is 16.4. The Balaban J connectivity index is 1.54. The third-order valence-electron chi connectivity index (χ3n) is 5.67. The summed E-state index contributed by atoms with van der Waals surface area (Å²) in [7, 11) is 0. The number of nitrogens with two attached hydrogens (primary N) is 2. The number of hydrogen-bond donors (Lipinski definition) is 3. The molecule has 0 unspecified atom stereocenters. The van der Waals surface area contributed by atoms with E-state index in [1.807, 2.05) is 6.07 Å². The molecule has 1 atom stereocenters. The second-order valence-electron chi connectivity index (χ2n) is 8.04. The molecule has 5 N–H and O–H groups in total. The Morgan fingerprint density at radius 1 is 1.12 bits per heavy atom. The number of aromatic nitrogens is 3. The molecule has 1 aliphatic rings. The number of ketones is 1. The van der Waals surface area contributed by atoms with Crippen LogP contribution >= 0.6 is 0 Å². The summed E-state index contributed by atoms with van der Waals surface area (Å²) in [6.45, 7) is 2.76. The molecule has 3 aromatic rings. The summed E-state index contributed by atoms with van der Waals surface area (Å²) in [5.74, 6) is -1.24. The lowest BCUT2D eigenvalue weighted by atomic mass is 10.0. The second-order valence-corrected chi connectivity index (χ2v) is 8.04. The highest BCUT2D eigenvalue weighted by Crippen LogP contribution is 2.24. The van der Waals surface area contributed by atoms with Gasteiger partial charge in [-0.1, -0.05) is 24.3 Å². The van der Waals surface area contributed by atoms with Gasteiger partial charge in [0.25, 0.3) is 0 Å². The molecule has 4 rings (SSSR count). The van der Waals surface area contributed by atoms with E-state index < -0.39 is 12.0 Å². The predicted molar refractivity (Wildman–Crippen MR) is 126 cm³/mol. The highest BCUT2D eigenvalue weighted by Gasteiger charge is 2.20. The van der Waals surface area contributed by atoms with Gasteiger partial charge in [0.2, 0.25) is 0 Å². The Morgan fingerprint density at radius 2 is 1.85 bits per heavy atom. The van der Waals surface area contributed by atoms with Gasteiger partial charge in [-0.3, -0.25) is 14.6 Å². The molecule has 0 amide bonds. The zero-order valence-corrected chi connectivity index (χ0v) is 18.6. The molecule has 0 bridgehead atoms. The molecule has 2 aromatic heterocycles. The van der Waals surface area contributed by atoms with Crippen LogP contribution in [0, 0.1) is 0 Å². The fourth-order valence-corrected chi connectivity index (χ4v) is 3.82. The Morgan fingerprint density at radius 3 is 2.56 bits per heavy atom. The molecule has 1 aromatic carbocycles. The van der Waals surface area contributed by atoms with Crippen molar-refractivity contribution in [1.82, 2.24) is 15.0 Å². The average molecular weight is 463 g/mol. The van der Waals surface area contributed by atoms with Crippen LogP contribution in [-0.2, 0) is 22.4 Å². The normalized spacial score (nSPS) is 14.6. The highest BCUT2D eigenvalue weighted by atomic mass is 16.5. The SMILES string of the molecule is Nc1ncc(-c2ccc(C[C@H](N)C(=O)O)cc2)nc1C(=O)Cc1cnccc1N1CCOCC1. The second kappa shape index (κ2) is 10.4. The van der Waals surface area contributed by atoms with Crippen molar-refractivity contribution < 1.29 is 19.4 Å². The Kier molecular flexibility index (Phi) is 7.09. The number of benzene rings is 1. The zero-order valence-electron chi connectivity index (χ0n) is 18.6. The first-order valence-corrected chi connectivity index (χ1v) is 10.9. The van der Waals surface area contributed by atoms with Crippen molar-refractivity contribution in [3.05, 3.63) is 65.7 Å². The van der Waals surface area contributed by atoms with Crippen molar-refractivity contribution in [3.8, 4) is 11.3 Å². The van der Waals surface area contributed by atoms with E-state index in [1.165, 1.54) is 6.20 Å². The number of Topliss-reactive ketones (excluding diaryl/α,β-unsaturated/α-hetero) is 1. The van der Waals surface area contributed by atoms with Crippen molar-refractivity contribution in [3.63, 3.8) is 0 Å². The van der Waals surface area contributed by atoms with E-state index in [4.69, 9.17) is 21.3 Å². The summed E-state index contributed by atoms with van der Waals surface area (Å²) in [5.41, 5.74) is 15.5. The maximum Gasteiger partial charge on any atom is 0.320 e. The first-order valence-electron chi connectivity index (χ1n) is 10.9. The van der Waals surface area contributed by atoms with Gasteiger partial charge in [-0.2, -0.15) is 0 Å². The van der Waals surface area contributed by atoms with Gasteiger partial charge in [0.1, 0.15) is 11.7 Å². The van der Waals surface area contributed by atoms with Crippen molar-refractivity contribution >= 4 is 23.3 Å². The Hall–Kier alpha value is -3.89. The van der Waals surface area contributed by atoms with Gasteiger partial charge in [-0.25, -0.2) is 9.97 Å². The first kappa shape index (κ1) is 23.3. The molecule has 34 heavy (non-hydrogen) atoms. The predicted octanol–water partition coefficient (Wildman–Crippen LogP) is 1.34. The lowest BCUT2D eigenvalue weighted by molar-refractivity contribution is -0.138. The van der Waals surface area contributed by atoms with Gasteiger partial charge in [-0.05, 0) is 18.1 Å². The van der Waals surface area contributed by atoms with Crippen LogP contribution in [0.4, 0.5) is 11.5 Å². The molecule has 1 saturated heterocycles. The van der Waals surface area contributed by atoms with Crippen LogP contribution in [0.25, 0.3) is 11.3 Å². The summed E-state index contributed by atoms with van der Waals surface area (Å²) < 4.78 is 5.43. The van der Waals surface area contributed by atoms with Gasteiger partial charge in [-0.15, -0.1) is 0 Å². The van der Waals surface area contributed by atoms with E-state index in [0.29, 0.717) is 18.9 Å². The summed E-state index contributed by atoms with van der Waals surface area (Å²) >= 11 is 0. The summed E-state index contributed by atoms with van der Waals surface area (Å²) in [5, 5.41) is 8.98. The third-order valence-corrected chi connectivity index (χ3v) is 5.67. The number of ether oxygens (including phenoxy) is 1. The van der Waals surface area contributed by atoms with Gasteiger partial charge in [0.15, 0.2) is 11.6 Å². The van der Waals surface area contributed by atoms with E-state index in [-0.39, 0.29) is 30.1 Å². The number of morpholine rings is 1. The number of nitrogens with zero attached hydrogens (tertiary/aromatic N) is 4. The van der Waals surface area contributed by atoms with Crippen LogP contribution in [0.5, 0.6) is 0 Å². The number of carboxylic acid groups (broad SMARTS) is 1. The monoisotopic (exact) mass is 462 g/mol. The maximum absolute atomic E-state index is 13.2. The topological polar surface area (TPSA) is 158 Å². The summed E-state index contributed by atoms with van der Waals surface area (Å²) in [6.07, 6.45) is 5.21.